The minimum Gasteiger partial charge on any atom is -0.491 e. The van der Waals surface area contributed by atoms with Crippen LogP contribution in [0.4, 0.5) is 8.78 Å². The smallest absolute Gasteiger partial charge is 0.165 e. The molecule has 0 aliphatic heterocycles. The maximum atomic E-state index is 14.7. The molecule has 0 heterocycles. The van der Waals surface area contributed by atoms with Gasteiger partial charge in [-0.25, -0.2) is 8.78 Å². The van der Waals surface area contributed by atoms with Crippen molar-refractivity contribution in [2.75, 3.05) is 26.4 Å². The minimum atomic E-state index is -0.445. The zero-order valence-corrected chi connectivity index (χ0v) is 25.9. The zero-order valence-electron chi connectivity index (χ0n) is 25.9. The van der Waals surface area contributed by atoms with Gasteiger partial charge >= 0.3 is 0 Å². The molecule has 4 rings (SSSR count). The molecular weight excluding hydrogens is 534 g/mol. The molecule has 0 unspecified atom stereocenters. The predicted octanol–water partition coefficient (Wildman–Crippen LogP) is 9.92. The summed E-state index contributed by atoms with van der Waals surface area (Å²) in [5.74, 6) is 1.24. The highest BCUT2D eigenvalue weighted by Crippen LogP contribution is 2.30. The maximum absolute atomic E-state index is 14.7. The van der Waals surface area contributed by atoms with Gasteiger partial charge in [-0.2, -0.15) is 0 Å². The van der Waals surface area contributed by atoms with Gasteiger partial charge < -0.3 is 18.9 Å². The van der Waals surface area contributed by atoms with Gasteiger partial charge in [0.05, 0.1) is 25.4 Å². The van der Waals surface area contributed by atoms with Crippen molar-refractivity contribution < 1.29 is 27.7 Å². The third-order valence-corrected chi connectivity index (χ3v) is 8.92. The molecule has 2 aliphatic carbocycles. The topological polar surface area (TPSA) is 36.9 Å². The molecule has 0 aromatic heterocycles. The fraction of sp³-hybridized carbons (Fsp3) is 0.667. The van der Waals surface area contributed by atoms with Crippen LogP contribution in [0.2, 0.25) is 0 Å². The van der Waals surface area contributed by atoms with Gasteiger partial charge in [-0.3, -0.25) is 0 Å². The van der Waals surface area contributed by atoms with Crippen molar-refractivity contribution in [3.8, 4) is 22.6 Å². The molecule has 42 heavy (non-hydrogen) atoms. The van der Waals surface area contributed by atoms with Crippen LogP contribution >= 0.6 is 0 Å². The summed E-state index contributed by atoms with van der Waals surface area (Å²) in [6.45, 7) is 7.11. The molecule has 0 bridgehead atoms. The Morgan fingerprint density at radius 2 is 0.905 bits per heavy atom. The molecule has 2 fully saturated rings. The van der Waals surface area contributed by atoms with Crippen molar-refractivity contribution >= 4 is 0 Å². The average molecular weight is 587 g/mol. The molecule has 2 aliphatic rings. The molecule has 0 N–H and O–H groups in total. The van der Waals surface area contributed by atoms with E-state index in [-0.39, 0.29) is 11.5 Å². The summed E-state index contributed by atoms with van der Waals surface area (Å²) in [5.41, 5.74) is 1.21. The fourth-order valence-electron chi connectivity index (χ4n) is 6.01. The first-order valence-electron chi connectivity index (χ1n) is 16.6. The second-order valence-corrected chi connectivity index (χ2v) is 12.6. The van der Waals surface area contributed by atoms with E-state index in [9.17, 15) is 8.78 Å². The number of benzene rings is 2. The van der Waals surface area contributed by atoms with Crippen LogP contribution in [-0.2, 0) is 9.47 Å². The highest BCUT2D eigenvalue weighted by atomic mass is 19.1. The van der Waals surface area contributed by atoms with Crippen LogP contribution in [0, 0.1) is 23.5 Å². The van der Waals surface area contributed by atoms with E-state index < -0.39 is 11.6 Å². The van der Waals surface area contributed by atoms with Crippen LogP contribution in [0.1, 0.15) is 104 Å². The van der Waals surface area contributed by atoms with E-state index in [0.29, 0.717) is 36.5 Å². The summed E-state index contributed by atoms with van der Waals surface area (Å²) in [5, 5.41) is 0. The summed E-state index contributed by atoms with van der Waals surface area (Å²) in [7, 11) is 0. The standard InChI is InChI=1S/C36H52F2O4/c1-27-9-15-31(16-10-27)39-21-5-3-4-6-23-41-35-19-13-29(25-33(35)37)30-14-20-36(34(38)26-30)42-24-8-7-22-40-32-17-11-28(2)12-18-32/h13-14,19-20,25-28,31-32H,3-12,15-18,21-24H2,1-2H3. The van der Waals surface area contributed by atoms with Gasteiger partial charge in [0.2, 0.25) is 0 Å². The van der Waals surface area contributed by atoms with E-state index in [2.05, 4.69) is 13.8 Å². The Bertz CT molecular complexity index is 1040. The fourth-order valence-corrected chi connectivity index (χ4v) is 6.01. The first-order valence-corrected chi connectivity index (χ1v) is 16.6. The highest BCUT2D eigenvalue weighted by molar-refractivity contribution is 5.65. The van der Waals surface area contributed by atoms with Crippen LogP contribution in [0.25, 0.3) is 11.1 Å². The van der Waals surface area contributed by atoms with Crippen molar-refractivity contribution in [1.29, 1.82) is 0 Å². The van der Waals surface area contributed by atoms with Crippen molar-refractivity contribution in [3.63, 3.8) is 0 Å². The zero-order chi connectivity index (χ0) is 29.6. The second kappa shape index (κ2) is 17.8. The Morgan fingerprint density at radius 3 is 1.33 bits per heavy atom. The molecule has 0 saturated heterocycles. The average Bonchev–Trinajstić information content (AvgIpc) is 2.99. The summed E-state index contributed by atoms with van der Waals surface area (Å²) in [6.07, 6.45) is 16.4. The third-order valence-electron chi connectivity index (χ3n) is 8.92. The Morgan fingerprint density at radius 1 is 0.524 bits per heavy atom. The second-order valence-electron chi connectivity index (χ2n) is 12.6. The predicted molar refractivity (Wildman–Crippen MR) is 165 cm³/mol. The van der Waals surface area contributed by atoms with Crippen LogP contribution in [-0.4, -0.2) is 38.6 Å². The van der Waals surface area contributed by atoms with Gasteiger partial charge in [0, 0.05) is 13.2 Å². The highest BCUT2D eigenvalue weighted by Gasteiger charge is 2.19. The summed E-state index contributed by atoms with van der Waals surface area (Å²) in [4.78, 5) is 0. The Labute approximate surface area is 252 Å². The molecule has 0 spiro atoms. The van der Waals surface area contributed by atoms with Gasteiger partial charge in [0.15, 0.2) is 23.1 Å². The molecule has 4 nitrogen and oxygen atoms in total. The third kappa shape index (κ3) is 11.1. The number of hydrogen-bond donors (Lipinski definition) is 0. The van der Waals surface area contributed by atoms with Crippen molar-refractivity contribution in [3.05, 3.63) is 48.0 Å². The lowest BCUT2D eigenvalue weighted by Crippen LogP contribution is -2.21. The number of hydrogen-bond acceptors (Lipinski definition) is 4. The van der Waals surface area contributed by atoms with Gasteiger partial charge in [-0.1, -0.05) is 32.4 Å². The molecule has 0 radical (unpaired) electrons. The molecule has 0 atom stereocenters. The lowest BCUT2D eigenvalue weighted by Gasteiger charge is -2.26. The Hall–Kier alpha value is -2.18. The van der Waals surface area contributed by atoms with Crippen molar-refractivity contribution in [2.45, 2.75) is 116 Å². The van der Waals surface area contributed by atoms with Gasteiger partial charge in [-0.05, 0) is 131 Å². The number of halogens is 2. The summed E-state index contributed by atoms with van der Waals surface area (Å²) < 4.78 is 52.8. The van der Waals surface area contributed by atoms with E-state index >= 15 is 0 Å². The van der Waals surface area contributed by atoms with Gasteiger partial charge in [-0.15, -0.1) is 0 Å². The van der Waals surface area contributed by atoms with Crippen LogP contribution in [0.3, 0.4) is 0 Å². The monoisotopic (exact) mass is 586 g/mol. The molecule has 0 amide bonds. The lowest BCUT2D eigenvalue weighted by atomic mass is 9.89. The molecular formula is C36H52F2O4. The SMILES string of the molecule is CC1CCC(OCCCCCCOc2ccc(-c3ccc(OCCCCOC4CCC(C)CC4)c(F)c3)cc2F)CC1. The number of rotatable bonds is 17. The van der Waals surface area contributed by atoms with E-state index in [1.54, 1.807) is 24.3 Å². The van der Waals surface area contributed by atoms with E-state index in [1.807, 2.05) is 0 Å². The van der Waals surface area contributed by atoms with Crippen LogP contribution in [0.5, 0.6) is 11.5 Å². The Kier molecular flexibility index (Phi) is 13.9. The quantitative estimate of drug-likeness (QED) is 0.173. The first kappa shape index (κ1) is 32.7. The van der Waals surface area contributed by atoms with Gasteiger partial charge in [0.25, 0.3) is 0 Å². The van der Waals surface area contributed by atoms with Crippen LogP contribution in [0.15, 0.2) is 36.4 Å². The molecule has 2 aromatic rings. The largest absolute Gasteiger partial charge is 0.491 e. The van der Waals surface area contributed by atoms with Crippen molar-refractivity contribution in [2.24, 2.45) is 11.8 Å². The first-order chi connectivity index (χ1) is 20.5. The van der Waals surface area contributed by atoms with E-state index in [4.69, 9.17) is 18.9 Å². The minimum absolute atomic E-state index is 0.219. The molecule has 2 aromatic carbocycles. The van der Waals surface area contributed by atoms with E-state index in [1.165, 1.54) is 50.7 Å². The summed E-state index contributed by atoms with van der Waals surface area (Å²) >= 11 is 0. The number of unbranched alkanes of at least 4 members (excludes halogenated alkanes) is 4. The maximum Gasteiger partial charge on any atom is 0.165 e. The van der Waals surface area contributed by atoms with Gasteiger partial charge in [0.1, 0.15) is 0 Å². The Balaban J connectivity index is 1.08. The molecule has 234 valence electrons. The molecule has 6 heteroatoms. The number of ether oxygens (including phenoxy) is 4. The van der Waals surface area contributed by atoms with Crippen molar-refractivity contribution in [1.82, 2.24) is 0 Å². The summed E-state index contributed by atoms with van der Waals surface area (Å²) in [6, 6.07) is 9.58. The van der Waals surface area contributed by atoms with E-state index in [0.717, 1.165) is 76.4 Å². The molecule has 2 saturated carbocycles. The normalized spacial score (nSPS) is 22.7. The van der Waals surface area contributed by atoms with Crippen LogP contribution < -0.4 is 9.47 Å². The lowest BCUT2D eigenvalue weighted by molar-refractivity contribution is 0.0169.